The van der Waals surface area contributed by atoms with E-state index in [-0.39, 0.29) is 5.78 Å². The Balaban J connectivity index is 1.78. The van der Waals surface area contributed by atoms with Crippen molar-refractivity contribution in [2.75, 3.05) is 11.9 Å². The average molecular weight is 388 g/mol. The van der Waals surface area contributed by atoms with Crippen LogP contribution in [0.15, 0.2) is 54.9 Å². The lowest BCUT2D eigenvalue weighted by Gasteiger charge is -2.18. The number of Topliss-reactive ketones (excluding diaryl/α,β-unsaturated/α-hetero) is 1. The summed E-state index contributed by atoms with van der Waals surface area (Å²) in [6, 6.07) is 13.9. The van der Waals surface area contributed by atoms with Crippen molar-refractivity contribution in [2.45, 2.75) is 20.4 Å². The lowest BCUT2D eigenvalue weighted by Crippen LogP contribution is -2.22. The van der Waals surface area contributed by atoms with Crippen LogP contribution in [0, 0.1) is 6.92 Å². The molecule has 3 aromatic heterocycles. The first kappa shape index (κ1) is 18.5. The van der Waals surface area contributed by atoms with E-state index >= 15 is 0 Å². The number of rotatable bonds is 6. The van der Waals surface area contributed by atoms with Crippen LogP contribution in [-0.4, -0.2) is 47.3 Å². The molecule has 0 aliphatic rings. The minimum Gasteiger partial charge on any atom is -0.339 e. The van der Waals surface area contributed by atoms with E-state index in [1.165, 1.54) is 11.6 Å². The molecule has 4 aromatic rings. The van der Waals surface area contributed by atoms with E-state index in [4.69, 9.17) is 0 Å². The zero-order chi connectivity index (χ0) is 20.4. The van der Waals surface area contributed by atoms with Gasteiger partial charge >= 0.3 is 0 Å². The van der Waals surface area contributed by atoms with Gasteiger partial charge in [-0.3, -0.25) is 9.36 Å². The molecule has 0 aliphatic carbocycles. The molecule has 29 heavy (non-hydrogen) atoms. The second-order valence-corrected chi connectivity index (χ2v) is 6.66. The Morgan fingerprint density at radius 3 is 2.34 bits per heavy atom. The molecule has 9 heteroatoms. The lowest BCUT2D eigenvalue weighted by molar-refractivity contribution is 0.101. The molecule has 0 saturated heterocycles. The van der Waals surface area contributed by atoms with Crippen molar-refractivity contribution in [2.24, 2.45) is 0 Å². The molecule has 0 aliphatic heterocycles. The van der Waals surface area contributed by atoms with E-state index in [1.807, 2.05) is 66.8 Å². The third-order valence-corrected chi connectivity index (χ3v) is 4.46. The van der Waals surface area contributed by atoms with Crippen LogP contribution < -0.4 is 4.90 Å². The van der Waals surface area contributed by atoms with Crippen molar-refractivity contribution in [1.29, 1.82) is 0 Å². The average Bonchev–Trinajstić information content (AvgIpc) is 3.38. The van der Waals surface area contributed by atoms with Crippen LogP contribution >= 0.6 is 0 Å². The van der Waals surface area contributed by atoms with Gasteiger partial charge in [-0.15, -0.1) is 5.10 Å². The van der Waals surface area contributed by atoms with Gasteiger partial charge in [0.15, 0.2) is 11.5 Å². The topological polar surface area (TPSA) is 94.6 Å². The highest BCUT2D eigenvalue weighted by atomic mass is 16.1. The highest BCUT2D eigenvalue weighted by molar-refractivity contribution is 5.93. The van der Waals surface area contributed by atoms with Crippen LogP contribution in [0.1, 0.15) is 28.7 Å². The van der Waals surface area contributed by atoms with Crippen molar-refractivity contribution >= 4 is 11.7 Å². The van der Waals surface area contributed by atoms with Gasteiger partial charge in [0.2, 0.25) is 11.9 Å². The molecular formula is C20H20N8O. The van der Waals surface area contributed by atoms with Gasteiger partial charge in [-0.2, -0.15) is 19.6 Å². The fourth-order valence-corrected chi connectivity index (χ4v) is 2.96. The molecule has 0 saturated carbocycles. The van der Waals surface area contributed by atoms with Crippen molar-refractivity contribution in [3.63, 3.8) is 0 Å². The minimum atomic E-state index is -0.158. The van der Waals surface area contributed by atoms with Crippen LogP contribution in [0.25, 0.3) is 11.9 Å². The summed E-state index contributed by atoms with van der Waals surface area (Å²) in [5.41, 5.74) is 2.02. The normalized spacial score (nSPS) is 10.9. The van der Waals surface area contributed by atoms with Crippen LogP contribution in [0.4, 0.5) is 5.95 Å². The molecule has 3 heterocycles. The zero-order valence-corrected chi connectivity index (χ0v) is 16.4. The number of carbonyl (C=O) groups is 1. The molecular weight excluding hydrogens is 368 g/mol. The van der Waals surface area contributed by atoms with E-state index in [1.54, 1.807) is 11.5 Å². The molecule has 0 N–H and O–H groups in total. The maximum atomic E-state index is 11.8. The van der Waals surface area contributed by atoms with E-state index in [0.717, 1.165) is 5.56 Å². The minimum absolute atomic E-state index is 0.158. The number of hydrogen-bond donors (Lipinski definition) is 0. The number of carbonyl (C=O) groups excluding carboxylic acids is 1. The molecule has 4 rings (SSSR count). The standard InChI is InChI=1S/C20H20N8O/c1-14-17(15(2)29)24-25-28(14)20-22-18(21-19(23-20)27-11-7-8-12-27)26(3)13-16-9-5-4-6-10-16/h4-12H,13H2,1-3H3. The van der Waals surface area contributed by atoms with Gasteiger partial charge in [0.25, 0.3) is 5.95 Å². The fourth-order valence-electron chi connectivity index (χ4n) is 2.96. The molecule has 0 unspecified atom stereocenters. The van der Waals surface area contributed by atoms with Crippen molar-refractivity contribution in [1.82, 2.24) is 34.5 Å². The number of ketones is 1. The maximum Gasteiger partial charge on any atom is 0.258 e. The first-order valence-electron chi connectivity index (χ1n) is 9.11. The Morgan fingerprint density at radius 1 is 1.00 bits per heavy atom. The highest BCUT2D eigenvalue weighted by Crippen LogP contribution is 2.16. The molecule has 0 bridgehead atoms. The van der Waals surface area contributed by atoms with Gasteiger partial charge < -0.3 is 4.90 Å². The van der Waals surface area contributed by atoms with Crippen LogP contribution in [-0.2, 0) is 6.54 Å². The summed E-state index contributed by atoms with van der Waals surface area (Å²) >= 11 is 0. The van der Waals surface area contributed by atoms with Gasteiger partial charge in [0.05, 0.1) is 5.69 Å². The van der Waals surface area contributed by atoms with Gasteiger partial charge in [0, 0.05) is 32.9 Å². The quantitative estimate of drug-likeness (QED) is 0.468. The van der Waals surface area contributed by atoms with Gasteiger partial charge in [0.1, 0.15) is 0 Å². The van der Waals surface area contributed by atoms with Crippen LogP contribution in [0.2, 0.25) is 0 Å². The second-order valence-electron chi connectivity index (χ2n) is 6.66. The Morgan fingerprint density at radius 2 is 1.69 bits per heavy atom. The number of hydrogen-bond acceptors (Lipinski definition) is 7. The third kappa shape index (κ3) is 3.75. The van der Waals surface area contributed by atoms with Gasteiger partial charge in [-0.05, 0) is 24.6 Å². The summed E-state index contributed by atoms with van der Waals surface area (Å²) in [6.07, 6.45) is 3.71. The monoisotopic (exact) mass is 388 g/mol. The first-order chi connectivity index (χ1) is 14.0. The van der Waals surface area contributed by atoms with Crippen LogP contribution in [0.5, 0.6) is 0 Å². The molecule has 0 amide bonds. The molecule has 0 spiro atoms. The van der Waals surface area contributed by atoms with Crippen molar-refractivity contribution < 1.29 is 4.79 Å². The summed E-state index contributed by atoms with van der Waals surface area (Å²) < 4.78 is 3.26. The largest absolute Gasteiger partial charge is 0.339 e. The SMILES string of the molecule is CC(=O)c1nnn(-c2nc(N(C)Cc3ccccc3)nc(-n3cccc3)n2)c1C. The van der Waals surface area contributed by atoms with E-state index in [9.17, 15) is 4.79 Å². The molecule has 0 atom stereocenters. The fraction of sp³-hybridized carbons (Fsp3) is 0.200. The number of benzene rings is 1. The zero-order valence-electron chi connectivity index (χ0n) is 16.4. The van der Waals surface area contributed by atoms with Crippen molar-refractivity contribution in [3.8, 4) is 11.9 Å². The first-order valence-corrected chi connectivity index (χ1v) is 9.11. The van der Waals surface area contributed by atoms with Gasteiger partial charge in [-0.25, -0.2) is 0 Å². The third-order valence-electron chi connectivity index (χ3n) is 4.46. The number of aromatic nitrogens is 7. The summed E-state index contributed by atoms with van der Waals surface area (Å²) in [4.78, 5) is 27.4. The number of nitrogens with zero attached hydrogens (tertiary/aromatic N) is 8. The number of anilines is 1. The molecule has 0 radical (unpaired) electrons. The summed E-state index contributed by atoms with van der Waals surface area (Å²) in [6.45, 7) is 3.85. The Bertz CT molecular complexity index is 1130. The van der Waals surface area contributed by atoms with Crippen LogP contribution in [0.3, 0.4) is 0 Å². The summed E-state index contributed by atoms with van der Waals surface area (Å²) in [7, 11) is 1.92. The predicted octanol–water partition coefficient (Wildman–Crippen LogP) is 2.39. The Kier molecular flexibility index (Phi) is 4.86. The van der Waals surface area contributed by atoms with E-state index in [2.05, 4.69) is 25.3 Å². The van der Waals surface area contributed by atoms with Crippen molar-refractivity contribution in [3.05, 3.63) is 71.8 Å². The molecule has 0 fully saturated rings. The molecule has 1 aromatic carbocycles. The smallest absolute Gasteiger partial charge is 0.258 e. The van der Waals surface area contributed by atoms with E-state index in [0.29, 0.717) is 35.8 Å². The lowest BCUT2D eigenvalue weighted by atomic mass is 10.2. The Labute approximate surface area is 167 Å². The second kappa shape index (κ2) is 7.63. The summed E-state index contributed by atoms with van der Waals surface area (Å²) in [5, 5.41) is 8.05. The molecule has 146 valence electrons. The Hall–Kier alpha value is -3.88. The van der Waals surface area contributed by atoms with E-state index < -0.39 is 0 Å². The predicted molar refractivity (Wildman–Crippen MR) is 107 cm³/mol. The summed E-state index contributed by atoms with van der Waals surface area (Å²) in [5.74, 6) is 1.09. The molecule has 9 nitrogen and oxygen atoms in total. The maximum absolute atomic E-state index is 11.8. The highest BCUT2D eigenvalue weighted by Gasteiger charge is 2.19. The van der Waals surface area contributed by atoms with Gasteiger partial charge in [-0.1, -0.05) is 35.5 Å².